The first-order chi connectivity index (χ1) is 17.1. The maximum Gasteiger partial charge on any atom is 0.303 e. The first kappa shape index (κ1) is 33.3. The van der Waals surface area contributed by atoms with Crippen LogP contribution in [0.4, 0.5) is 0 Å². The van der Waals surface area contributed by atoms with Gasteiger partial charge in [0.15, 0.2) is 0 Å². The number of carbonyl (C=O) groups excluding carboxylic acids is 2. The molecule has 0 atom stereocenters. The Labute approximate surface area is 211 Å². The van der Waals surface area contributed by atoms with Crippen molar-refractivity contribution in [1.29, 1.82) is 0 Å². The fourth-order valence-electron chi connectivity index (χ4n) is 3.67. The Morgan fingerprint density at radius 1 is 0.543 bits per heavy atom. The van der Waals surface area contributed by atoms with Crippen LogP contribution in [0.15, 0.2) is 0 Å². The molecule has 0 heterocycles. The zero-order valence-electron chi connectivity index (χ0n) is 21.7. The molecule has 0 spiro atoms. The number of amides is 2. The molecule has 0 aliphatic carbocycles. The van der Waals surface area contributed by atoms with Crippen LogP contribution in [0.3, 0.4) is 0 Å². The number of aliphatic hydroxyl groups is 1. The third-order valence-electron chi connectivity index (χ3n) is 5.65. The summed E-state index contributed by atoms with van der Waals surface area (Å²) in [5.74, 6) is -0.890. The molecule has 9 nitrogen and oxygen atoms in total. The number of nitrogens with one attached hydrogen (secondary N) is 2. The normalized spacial score (nSPS) is 10.9. The molecule has 0 saturated carbocycles. The van der Waals surface area contributed by atoms with Gasteiger partial charge in [0.05, 0.1) is 26.4 Å². The quantitative estimate of drug-likeness (QED) is 0.126. The van der Waals surface area contributed by atoms with Gasteiger partial charge in [-0.2, -0.15) is 0 Å². The van der Waals surface area contributed by atoms with E-state index in [-0.39, 0.29) is 31.6 Å². The Balaban J connectivity index is 3.21. The van der Waals surface area contributed by atoms with Gasteiger partial charge in [-0.3, -0.25) is 14.4 Å². The van der Waals surface area contributed by atoms with E-state index >= 15 is 0 Å². The van der Waals surface area contributed by atoms with Crippen LogP contribution in [0.25, 0.3) is 0 Å². The van der Waals surface area contributed by atoms with Gasteiger partial charge in [0.1, 0.15) is 6.61 Å². The molecular weight excluding hydrogens is 452 g/mol. The number of unbranched alkanes of at least 4 members (excludes halogenated alkanes) is 13. The average Bonchev–Trinajstić information content (AvgIpc) is 2.83. The van der Waals surface area contributed by atoms with E-state index in [0.717, 1.165) is 32.1 Å². The topological polar surface area (TPSA) is 134 Å². The predicted octanol–water partition coefficient (Wildman–Crippen LogP) is 3.57. The van der Waals surface area contributed by atoms with E-state index in [9.17, 15) is 14.4 Å². The standard InChI is InChI=1S/C26H50N2O7/c29-19-17-27-25(31)23-35-22-21-34-20-18-28-24(30)15-13-11-9-7-5-3-1-2-4-6-8-10-12-14-16-26(32)33/h29H,1-23H2,(H,27,31)(H,28,30)(H,32,33). The molecule has 206 valence electrons. The monoisotopic (exact) mass is 502 g/mol. The van der Waals surface area contributed by atoms with Gasteiger partial charge in [0.2, 0.25) is 11.8 Å². The molecule has 35 heavy (non-hydrogen) atoms. The maximum atomic E-state index is 11.8. The third-order valence-corrected chi connectivity index (χ3v) is 5.65. The lowest BCUT2D eigenvalue weighted by molar-refractivity contribution is -0.137. The molecule has 0 rings (SSSR count). The largest absolute Gasteiger partial charge is 0.481 e. The van der Waals surface area contributed by atoms with E-state index in [4.69, 9.17) is 19.7 Å². The number of ether oxygens (including phenoxy) is 2. The van der Waals surface area contributed by atoms with E-state index in [0.29, 0.717) is 39.2 Å². The number of carboxylic acid groups (broad SMARTS) is 1. The van der Waals surface area contributed by atoms with Crippen molar-refractivity contribution in [2.45, 2.75) is 103 Å². The molecule has 2 amide bonds. The Morgan fingerprint density at radius 3 is 1.51 bits per heavy atom. The summed E-state index contributed by atoms with van der Waals surface area (Å²) in [6, 6.07) is 0. The fraction of sp³-hybridized carbons (Fsp3) is 0.885. The highest BCUT2D eigenvalue weighted by molar-refractivity contribution is 5.77. The van der Waals surface area contributed by atoms with E-state index in [2.05, 4.69) is 10.6 Å². The molecule has 4 N–H and O–H groups in total. The first-order valence-corrected chi connectivity index (χ1v) is 13.6. The van der Waals surface area contributed by atoms with Crippen molar-refractivity contribution in [3.63, 3.8) is 0 Å². The molecule has 0 saturated heterocycles. The molecule has 0 fully saturated rings. The Bertz CT molecular complexity index is 518. The van der Waals surface area contributed by atoms with Crippen molar-refractivity contribution in [2.75, 3.05) is 46.1 Å². The van der Waals surface area contributed by atoms with E-state index in [1.807, 2.05) is 0 Å². The molecule has 0 aliphatic rings. The second kappa shape index (κ2) is 26.9. The molecule has 0 bridgehead atoms. The summed E-state index contributed by atoms with van der Waals surface area (Å²) in [6.07, 6.45) is 17.3. The third kappa shape index (κ3) is 28.4. The SMILES string of the molecule is O=C(O)CCCCCCCCCCCCCCCCC(=O)NCCOCCOCC(=O)NCCO. The molecule has 0 aliphatic heterocycles. The lowest BCUT2D eigenvalue weighted by atomic mass is 10.0. The minimum Gasteiger partial charge on any atom is -0.481 e. The van der Waals surface area contributed by atoms with Gasteiger partial charge < -0.3 is 30.3 Å². The van der Waals surface area contributed by atoms with Crippen molar-refractivity contribution in [2.24, 2.45) is 0 Å². The minimum atomic E-state index is -0.686. The van der Waals surface area contributed by atoms with Gasteiger partial charge in [-0.25, -0.2) is 0 Å². The zero-order chi connectivity index (χ0) is 25.8. The molecule has 0 aromatic carbocycles. The zero-order valence-corrected chi connectivity index (χ0v) is 21.7. The van der Waals surface area contributed by atoms with Crippen molar-refractivity contribution in [1.82, 2.24) is 10.6 Å². The summed E-state index contributed by atoms with van der Waals surface area (Å²) >= 11 is 0. The Kier molecular flexibility index (Phi) is 25.6. The van der Waals surface area contributed by atoms with Crippen LogP contribution < -0.4 is 10.6 Å². The van der Waals surface area contributed by atoms with Crippen molar-refractivity contribution >= 4 is 17.8 Å². The van der Waals surface area contributed by atoms with E-state index in [1.54, 1.807) is 0 Å². The second-order valence-corrected chi connectivity index (χ2v) is 8.93. The van der Waals surface area contributed by atoms with Crippen LogP contribution in [0.2, 0.25) is 0 Å². The molecular formula is C26H50N2O7. The van der Waals surface area contributed by atoms with Crippen molar-refractivity contribution in [3.05, 3.63) is 0 Å². The minimum absolute atomic E-state index is 0.0555. The summed E-state index contributed by atoms with van der Waals surface area (Å²) in [5, 5.41) is 22.5. The average molecular weight is 503 g/mol. The van der Waals surface area contributed by atoms with Crippen molar-refractivity contribution < 1.29 is 34.1 Å². The first-order valence-electron chi connectivity index (χ1n) is 13.6. The van der Waals surface area contributed by atoms with Crippen LogP contribution >= 0.6 is 0 Å². The smallest absolute Gasteiger partial charge is 0.303 e. The molecule has 0 unspecified atom stereocenters. The highest BCUT2D eigenvalue weighted by Crippen LogP contribution is 2.13. The van der Waals surface area contributed by atoms with Crippen LogP contribution in [0.1, 0.15) is 103 Å². The Hall–Kier alpha value is -1.71. The van der Waals surface area contributed by atoms with Crippen molar-refractivity contribution in [3.8, 4) is 0 Å². The number of hydrogen-bond donors (Lipinski definition) is 4. The van der Waals surface area contributed by atoms with Crippen LogP contribution in [-0.2, 0) is 23.9 Å². The number of aliphatic hydroxyl groups excluding tert-OH is 1. The molecule has 0 aromatic heterocycles. The molecule has 0 radical (unpaired) electrons. The van der Waals surface area contributed by atoms with Gasteiger partial charge in [-0.15, -0.1) is 0 Å². The summed E-state index contributed by atoms with van der Waals surface area (Å²) in [5.41, 5.74) is 0. The summed E-state index contributed by atoms with van der Waals surface area (Å²) < 4.78 is 10.5. The van der Waals surface area contributed by atoms with E-state index < -0.39 is 5.97 Å². The number of aliphatic carboxylic acids is 1. The van der Waals surface area contributed by atoms with Crippen LogP contribution in [-0.4, -0.2) is 74.1 Å². The van der Waals surface area contributed by atoms with E-state index in [1.165, 1.54) is 57.8 Å². The van der Waals surface area contributed by atoms with Gasteiger partial charge in [-0.05, 0) is 12.8 Å². The lowest BCUT2D eigenvalue weighted by Gasteiger charge is -2.08. The van der Waals surface area contributed by atoms with Gasteiger partial charge >= 0.3 is 5.97 Å². The summed E-state index contributed by atoms with van der Waals surface area (Å²) in [6.45, 7) is 1.63. The molecule has 0 aromatic rings. The molecule has 9 heteroatoms. The predicted molar refractivity (Wildman–Crippen MR) is 136 cm³/mol. The van der Waals surface area contributed by atoms with Crippen LogP contribution in [0.5, 0.6) is 0 Å². The number of carbonyl (C=O) groups is 3. The number of rotatable bonds is 27. The summed E-state index contributed by atoms with van der Waals surface area (Å²) in [7, 11) is 0. The highest BCUT2D eigenvalue weighted by Gasteiger charge is 2.02. The number of carboxylic acids is 1. The van der Waals surface area contributed by atoms with Gasteiger partial charge in [-0.1, -0.05) is 77.0 Å². The summed E-state index contributed by atoms with van der Waals surface area (Å²) in [4.78, 5) is 33.5. The highest BCUT2D eigenvalue weighted by atomic mass is 16.5. The second-order valence-electron chi connectivity index (χ2n) is 8.93. The van der Waals surface area contributed by atoms with Gasteiger partial charge in [0.25, 0.3) is 0 Å². The lowest BCUT2D eigenvalue weighted by Crippen LogP contribution is -2.30. The number of hydrogen-bond acceptors (Lipinski definition) is 6. The fourth-order valence-corrected chi connectivity index (χ4v) is 3.67. The Morgan fingerprint density at radius 2 is 1.00 bits per heavy atom. The van der Waals surface area contributed by atoms with Crippen LogP contribution in [0, 0.1) is 0 Å². The maximum absolute atomic E-state index is 11.8. The van der Waals surface area contributed by atoms with Gasteiger partial charge in [0, 0.05) is 25.9 Å².